The Morgan fingerprint density at radius 3 is 0.925 bits per heavy atom. The van der Waals surface area contributed by atoms with Gasteiger partial charge in [-0.3, -0.25) is 0 Å². The van der Waals surface area contributed by atoms with Crippen molar-refractivity contribution in [1.82, 2.24) is 0 Å². The van der Waals surface area contributed by atoms with Crippen molar-refractivity contribution in [3.63, 3.8) is 0 Å². The van der Waals surface area contributed by atoms with Gasteiger partial charge in [0.05, 0.1) is 60.4 Å². The summed E-state index contributed by atoms with van der Waals surface area (Å²) in [5.74, 6) is 0. The smallest absolute Gasteiger partial charge is 0.0995 e. The molecule has 4 aromatic carbocycles. The number of rotatable bonds is 12. The van der Waals surface area contributed by atoms with Gasteiger partial charge in [0.1, 0.15) is 0 Å². The van der Waals surface area contributed by atoms with Gasteiger partial charge in [0.2, 0.25) is 0 Å². The van der Waals surface area contributed by atoms with Gasteiger partial charge < -0.3 is 12.4 Å². The van der Waals surface area contributed by atoms with Gasteiger partial charge in [-0.05, 0) is 88.4 Å². The zero-order valence-corrected chi connectivity index (χ0v) is 27.1. The number of allylic oxidation sites excluding steroid dienone is 4. The summed E-state index contributed by atoms with van der Waals surface area (Å²) in [7, 11) is -3.27. The average Bonchev–Trinajstić information content (AvgIpc) is 2.98. The Morgan fingerprint density at radius 2 is 0.700 bits per heavy atom. The minimum Gasteiger partial charge on any atom is -1.00 e. The molecule has 0 amide bonds. The fourth-order valence-corrected chi connectivity index (χ4v) is 14.4. The van der Waals surface area contributed by atoms with E-state index in [0.29, 0.717) is 0 Å². The van der Waals surface area contributed by atoms with Crippen molar-refractivity contribution in [2.45, 2.75) is 34.1 Å². The Hall–Kier alpha value is -2.49. The Balaban J connectivity index is 0.00000441. The first-order chi connectivity index (χ1) is 19.0. The highest BCUT2D eigenvalue weighted by Crippen LogP contribution is 2.61. The molecule has 0 radical (unpaired) electrons. The van der Waals surface area contributed by atoms with Gasteiger partial charge >= 0.3 is 0 Å². The van der Waals surface area contributed by atoms with Crippen molar-refractivity contribution in [2.24, 2.45) is 0 Å². The Morgan fingerprint density at radius 1 is 0.450 bits per heavy atom. The molecule has 0 N–H and O–H groups in total. The molecule has 0 bridgehead atoms. The highest BCUT2D eigenvalue weighted by atomic mass is 35.5. The van der Waals surface area contributed by atoms with Crippen molar-refractivity contribution in [1.29, 1.82) is 0 Å². The van der Waals surface area contributed by atoms with Gasteiger partial charge in [0, 0.05) is 6.42 Å². The zero-order chi connectivity index (χ0) is 27.6. The standard InChI is InChI=1S/C37H44P2.ClH/c1-32(2)26-30-38(34-18-9-5-10-19-34,35-20-11-6-12-21-35)28-17-29-39(31-27-33(3)4,36-22-13-7-14-23-36)37-24-15-8-16-25-37;/h5-16,18-27H,17,28-31H2,1-4H3;1H/q+2;/p-1. The molecule has 0 nitrogen and oxygen atoms in total. The van der Waals surface area contributed by atoms with Crippen LogP contribution < -0.4 is 33.6 Å². The molecule has 0 aromatic heterocycles. The minimum absolute atomic E-state index is 0. The molecular weight excluding hydrogens is 542 g/mol. The van der Waals surface area contributed by atoms with E-state index in [9.17, 15) is 0 Å². The minimum atomic E-state index is -1.64. The predicted molar refractivity (Wildman–Crippen MR) is 181 cm³/mol. The van der Waals surface area contributed by atoms with Crippen LogP contribution in [0.4, 0.5) is 0 Å². The summed E-state index contributed by atoms with van der Waals surface area (Å²) in [6.45, 7) is 8.97. The second kappa shape index (κ2) is 15.5. The third kappa shape index (κ3) is 7.83. The van der Waals surface area contributed by atoms with E-state index in [-0.39, 0.29) is 12.4 Å². The molecule has 40 heavy (non-hydrogen) atoms. The molecular formula is C37H44ClP2+. The molecule has 0 saturated carbocycles. The van der Waals surface area contributed by atoms with E-state index in [1.165, 1.54) is 51.1 Å². The first-order valence-electron chi connectivity index (χ1n) is 14.2. The number of hydrogen-bond donors (Lipinski definition) is 0. The van der Waals surface area contributed by atoms with Gasteiger partial charge in [-0.2, -0.15) is 0 Å². The third-order valence-corrected chi connectivity index (χ3v) is 16.6. The molecule has 0 saturated heterocycles. The van der Waals surface area contributed by atoms with Gasteiger partial charge in [-0.15, -0.1) is 0 Å². The summed E-state index contributed by atoms with van der Waals surface area (Å²) >= 11 is 0. The summed E-state index contributed by atoms with van der Waals surface area (Å²) in [4.78, 5) is 0. The van der Waals surface area contributed by atoms with Crippen molar-refractivity contribution in [2.75, 3.05) is 24.6 Å². The van der Waals surface area contributed by atoms with Crippen molar-refractivity contribution in [3.05, 3.63) is 145 Å². The van der Waals surface area contributed by atoms with Gasteiger partial charge in [0.25, 0.3) is 0 Å². The normalized spacial score (nSPS) is 11.3. The first-order valence-corrected chi connectivity index (χ1v) is 18.5. The van der Waals surface area contributed by atoms with Gasteiger partial charge in [-0.25, -0.2) is 0 Å². The lowest BCUT2D eigenvalue weighted by molar-refractivity contribution is -0.00000802. The molecule has 0 aliphatic heterocycles. The van der Waals surface area contributed by atoms with Gasteiger partial charge in [0.15, 0.2) is 0 Å². The molecule has 0 atom stereocenters. The second-order valence-corrected chi connectivity index (χ2v) is 18.6. The molecule has 3 heteroatoms. The predicted octanol–water partition coefficient (Wildman–Crippen LogP) is 5.65. The monoisotopic (exact) mass is 585 g/mol. The quantitative estimate of drug-likeness (QED) is 0.149. The van der Waals surface area contributed by atoms with Crippen molar-refractivity contribution < 1.29 is 12.4 Å². The van der Waals surface area contributed by atoms with Crippen LogP contribution in [0.25, 0.3) is 0 Å². The van der Waals surface area contributed by atoms with Crippen LogP contribution in [-0.2, 0) is 0 Å². The van der Waals surface area contributed by atoms with Crippen LogP contribution in [0, 0.1) is 0 Å². The average molecular weight is 586 g/mol. The summed E-state index contributed by atoms with van der Waals surface area (Å²) in [6.07, 6.45) is 10.9. The van der Waals surface area contributed by atoms with E-state index >= 15 is 0 Å². The lowest BCUT2D eigenvalue weighted by Crippen LogP contribution is -3.00. The van der Waals surface area contributed by atoms with Crippen molar-refractivity contribution >= 4 is 35.7 Å². The lowest BCUT2D eigenvalue weighted by atomic mass is 10.3. The molecule has 0 unspecified atom stereocenters. The van der Waals surface area contributed by atoms with E-state index in [1.54, 1.807) is 0 Å². The Kier molecular flexibility index (Phi) is 12.4. The summed E-state index contributed by atoms with van der Waals surface area (Å²) in [6, 6.07) is 45.6. The highest BCUT2D eigenvalue weighted by Gasteiger charge is 2.45. The van der Waals surface area contributed by atoms with Crippen LogP contribution >= 0.6 is 14.5 Å². The maximum Gasteiger partial charge on any atom is 0.0995 e. The number of benzene rings is 4. The second-order valence-electron chi connectivity index (χ2n) is 11.0. The van der Waals surface area contributed by atoms with Crippen LogP contribution in [0.15, 0.2) is 145 Å². The topological polar surface area (TPSA) is 0 Å². The molecule has 0 heterocycles. The van der Waals surface area contributed by atoms with E-state index in [4.69, 9.17) is 0 Å². The molecule has 4 rings (SSSR count). The van der Waals surface area contributed by atoms with Crippen molar-refractivity contribution in [3.8, 4) is 0 Å². The van der Waals surface area contributed by atoms with Crippen LogP contribution in [0.3, 0.4) is 0 Å². The first kappa shape index (κ1) is 32.0. The molecule has 0 spiro atoms. The summed E-state index contributed by atoms with van der Waals surface area (Å²) < 4.78 is 0. The fourth-order valence-electron chi connectivity index (χ4n) is 5.56. The SMILES string of the molecule is CC(C)=CC[P+](CCC[P+](CC=C(C)C)(c1ccccc1)c1ccccc1)(c1ccccc1)c1ccccc1.[Cl-]. The zero-order valence-electron chi connectivity index (χ0n) is 24.5. The Labute approximate surface area is 250 Å². The number of halogens is 1. The summed E-state index contributed by atoms with van der Waals surface area (Å²) in [5, 5.41) is 6.12. The fraction of sp³-hybridized carbons (Fsp3) is 0.243. The maximum absolute atomic E-state index is 2.49. The van der Waals surface area contributed by atoms with Gasteiger partial charge in [-0.1, -0.05) is 83.9 Å². The van der Waals surface area contributed by atoms with E-state index in [2.05, 4.69) is 161 Å². The molecule has 4 aromatic rings. The largest absolute Gasteiger partial charge is 1.00 e. The number of hydrogen-bond acceptors (Lipinski definition) is 0. The van der Waals surface area contributed by atoms with Crippen LogP contribution in [-0.4, -0.2) is 24.6 Å². The third-order valence-electron chi connectivity index (χ3n) is 7.70. The van der Waals surface area contributed by atoms with E-state index < -0.39 is 14.5 Å². The van der Waals surface area contributed by atoms with E-state index in [1.807, 2.05) is 0 Å². The summed E-state index contributed by atoms with van der Waals surface area (Å²) in [5.41, 5.74) is 2.82. The molecule has 208 valence electrons. The van der Waals surface area contributed by atoms with E-state index in [0.717, 1.165) is 12.3 Å². The Bertz CT molecular complexity index is 1150. The maximum atomic E-state index is 2.49. The van der Waals surface area contributed by atoms with Crippen LogP contribution in [0.2, 0.25) is 0 Å². The highest BCUT2D eigenvalue weighted by molar-refractivity contribution is 7.90. The van der Waals surface area contributed by atoms with Crippen LogP contribution in [0.1, 0.15) is 34.1 Å². The molecule has 0 aliphatic rings. The molecule has 0 fully saturated rings. The lowest BCUT2D eigenvalue weighted by Gasteiger charge is -2.30. The van der Waals surface area contributed by atoms with Crippen LogP contribution in [0.5, 0.6) is 0 Å². The molecule has 0 aliphatic carbocycles.